The van der Waals surface area contributed by atoms with Crippen LogP contribution in [-0.2, 0) is 5.41 Å². The molecule has 0 N–H and O–H groups in total. The van der Waals surface area contributed by atoms with Crippen LogP contribution in [0.25, 0.3) is 0 Å². The second-order valence-corrected chi connectivity index (χ2v) is 12.0. The minimum atomic E-state index is 0.00439. The highest BCUT2D eigenvalue weighted by Gasteiger charge is 2.49. The Morgan fingerprint density at radius 1 is 0.378 bits per heavy atom. The maximum atomic E-state index is 2.65. The van der Waals surface area contributed by atoms with Crippen LogP contribution in [0.1, 0.15) is 104 Å². The molecule has 11 rings (SSSR count). The van der Waals surface area contributed by atoms with E-state index < -0.39 is 0 Å². The molecule has 2 unspecified atom stereocenters. The van der Waals surface area contributed by atoms with Crippen LogP contribution in [0.2, 0.25) is 0 Å². The largest absolute Gasteiger partial charge is 0.0620 e. The Bertz CT molecular complexity index is 1740. The average Bonchev–Trinajstić information content (AvgIpc) is 3.08. The molecule has 0 spiro atoms. The summed E-state index contributed by atoms with van der Waals surface area (Å²) in [5.74, 6) is 1.27. The second-order valence-electron chi connectivity index (χ2n) is 12.0. The van der Waals surface area contributed by atoms with Gasteiger partial charge < -0.3 is 0 Å². The summed E-state index contributed by atoms with van der Waals surface area (Å²) in [4.78, 5) is 0. The summed E-state index contributed by atoms with van der Waals surface area (Å²) in [6.45, 7) is 4.95. The van der Waals surface area contributed by atoms with Gasteiger partial charge in [0.05, 0.1) is 0 Å². The van der Waals surface area contributed by atoms with E-state index in [0.717, 1.165) is 0 Å². The molecule has 37 heavy (non-hydrogen) atoms. The second kappa shape index (κ2) is 6.69. The van der Waals surface area contributed by atoms with Crippen LogP contribution in [0, 0.1) is 0 Å². The monoisotopic (exact) mass is 472 g/mol. The molecule has 0 heteroatoms. The van der Waals surface area contributed by atoms with Crippen molar-refractivity contribution in [3.63, 3.8) is 0 Å². The van der Waals surface area contributed by atoms with Crippen LogP contribution in [-0.4, -0.2) is 0 Å². The lowest BCUT2D eigenvalue weighted by atomic mass is 9.58. The molecule has 0 saturated carbocycles. The molecule has 0 saturated heterocycles. The highest BCUT2D eigenvalue weighted by molar-refractivity contribution is 5.72. The van der Waals surface area contributed by atoms with Crippen molar-refractivity contribution in [2.24, 2.45) is 0 Å². The summed E-state index contributed by atoms with van der Waals surface area (Å²) < 4.78 is 0. The van der Waals surface area contributed by atoms with Gasteiger partial charge in [0.1, 0.15) is 0 Å². The molecule has 5 aromatic carbocycles. The third-order valence-electron chi connectivity index (χ3n) is 10.1. The van der Waals surface area contributed by atoms with E-state index in [1.54, 1.807) is 5.56 Å². The van der Waals surface area contributed by atoms with Gasteiger partial charge >= 0.3 is 0 Å². The van der Waals surface area contributed by atoms with Gasteiger partial charge in [-0.3, -0.25) is 0 Å². The van der Waals surface area contributed by atoms with E-state index in [2.05, 4.69) is 123 Å². The molecule has 176 valence electrons. The third-order valence-corrected chi connectivity index (χ3v) is 10.1. The first-order valence-corrected chi connectivity index (χ1v) is 13.7. The van der Waals surface area contributed by atoms with E-state index in [0.29, 0.717) is 17.8 Å². The molecular formula is C37H28. The molecule has 6 aliphatic carbocycles. The van der Waals surface area contributed by atoms with Gasteiger partial charge in [-0.15, -0.1) is 0 Å². The van der Waals surface area contributed by atoms with Gasteiger partial charge in [0, 0.05) is 29.1 Å². The summed E-state index contributed by atoms with van der Waals surface area (Å²) in [6, 6.07) is 42.2. The smallest absolute Gasteiger partial charge is 0.0349 e. The maximum Gasteiger partial charge on any atom is 0.0349 e. The fourth-order valence-electron chi connectivity index (χ4n) is 8.72. The fourth-order valence-corrected chi connectivity index (χ4v) is 8.72. The van der Waals surface area contributed by atoms with Crippen LogP contribution >= 0.6 is 0 Å². The van der Waals surface area contributed by atoms with E-state index in [9.17, 15) is 0 Å². The van der Waals surface area contributed by atoms with Crippen molar-refractivity contribution in [1.29, 1.82) is 0 Å². The zero-order valence-electron chi connectivity index (χ0n) is 21.2. The first kappa shape index (κ1) is 20.2. The molecule has 0 radical (unpaired) electrons. The average molecular weight is 473 g/mol. The van der Waals surface area contributed by atoms with Crippen LogP contribution in [0.3, 0.4) is 0 Å². The summed E-state index contributed by atoms with van der Waals surface area (Å²) in [7, 11) is 0. The normalized spacial score (nSPS) is 24.2. The van der Waals surface area contributed by atoms with Gasteiger partial charge in [0.2, 0.25) is 0 Å². The van der Waals surface area contributed by atoms with E-state index in [-0.39, 0.29) is 11.3 Å². The SMILES string of the molecule is CC1(C)c2ccccc2C2c3ccccc3C1c1cc3c(cc12)C1c2ccccc2C3c2ccccc21. The van der Waals surface area contributed by atoms with Crippen molar-refractivity contribution >= 4 is 0 Å². The number of hydrogen-bond acceptors (Lipinski definition) is 0. The molecule has 0 amide bonds. The van der Waals surface area contributed by atoms with Gasteiger partial charge in [-0.05, 0) is 66.8 Å². The Balaban J connectivity index is 1.40. The van der Waals surface area contributed by atoms with Crippen molar-refractivity contribution in [1.82, 2.24) is 0 Å². The van der Waals surface area contributed by atoms with E-state index >= 15 is 0 Å². The molecule has 6 aliphatic rings. The molecule has 5 aromatic rings. The molecule has 0 fully saturated rings. The van der Waals surface area contributed by atoms with E-state index in [4.69, 9.17) is 0 Å². The molecule has 0 nitrogen and oxygen atoms in total. The lowest BCUT2D eigenvalue weighted by molar-refractivity contribution is 0.459. The maximum absolute atomic E-state index is 2.65. The van der Waals surface area contributed by atoms with Crippen molar-refractivity contribution in [2.45, 2.75) is 42.9 Å². The number of hydrogen-bond donors (Lipinski definition) is 0. The van der Waals surface area contributed by atoms with Crippen LogP contribution in [0.5, 0.6) is 0 Å². The molecule has 0 aliphatic heterocycles. The van der Waals surface area contributed by atoms with Gasteiger partial charge in [0.15, 0.2) is 0 Å². The highest BCUT2D eigenvalue weighted by Crippen LogP contribution is 2.62. The molecular weight excluding hydrogens is 444 g/mol. The van der Waals surface area contributed by atoms with Gasteiger partial charge in [0.25, 0.3) is 0 Å². The van der Waals surface area contributed by atoms with Crippen LogP contribution < -0.4 is 0 Å². The molecule has 2 atom stereocenters. The van der Waals surface area contributed by atoms with Crippen molar-refractivity contribution < 1.29 is 0 Å². The summed E-state index contributed by atoms with van der Waals surface area (Å²) in [5, 5.41) is 0. The number of rotatable bonds is 0. The lowest BCUT2D eigenvalue weighted by Crippen LogP contribution is -2.31. The quantitative estimate of drug-likeness (QED) is 0.207. The van der Waals surface area contributed by atoms with Crippen molar-refractivity contribution in [2.75, 3.05) is 0 Å². The van der Waals surface area contributed by atoms with E-state index in [1.165, 1.54) is 61.2 Å². The molecule has 4 bridgehead atoms. The first-order valence-electron chi connectivity index (χ1n) is 13.7. The van der Waals surface area contributed by atoms with Crippen LogP contribution in [0.15, 0.2) is 109 Å². The van der Waals surface area contributed by atoms with Gasteiger partial charge in [-0.25, -0.2) is 0 Å². The minimum Gasteiger partial charge on any atom is -0.0620 e. The zero-order chi connectivity index (χ0) is 24.5. The Morgan fingerprint density at radius 2 is 0.730 bits per heavy atom. The summed E-state index contributed by atoms with van der Waals surface area (Å²) >= 11 is 0. The van der Waals surface area contributed by atoms with Crippen molar-refractivity contribution in [3.05, 3.63) is 176 Å². The predicted molar refractivity (Wildman–Crippen MR) is 150 cm³/mol. The topological polar surface area (TPSA) is 0 Å². The highest BCUT2D eigenvalue weighted by atomic mass is 14.5. The molecule has 0 heterocycles. The Morgan fingerprint density at radius 3 is 1.27 bits per heavy atom. The number of benzene rings is 5. The fraction of sp³-hybridized carbons (Fsp3) is 0.189. The third kappa shape index (κ3) is 2.31. The predicted octanol–water partition coefficient (Wildman–Crippen LogP) is 8.59. The Hall–Kier alpha value is -3.90. The summed E-state index contributed by atoms with van der Waals surface area (Å²) in [5.41, 5.74) is 18.2. The standard InChI is InChI=1S/C37H28/c1-37(2)32-18-10-9-17-27(32)35-25-15-7-8-16-26(25)36(37)31-20-29-28(19-30(31)35)33-21-11-3-5-13-23(21)34(29)24-14-6-4-12-22(24)33/h3-20,33-36H,1-2H3. The van der Waals surface area contributed by atoms with Gasteiger partial charge in [-0.2, -0.15) is 0 Å². The Kier molecular flexibility index (Phi) is 3.65. The van der Waals surface area contributed by atoms with E-state index in [1.807, 2.05) is 0 Å². The van der Waals surface area contributed by atoms with Gasteiger partial charge in [-0.1, -0.05) is 123 Å². The zero-order valence-corrected chi connectivity index (χ0v) is 21.2. The molecule has 0 aromatic heterocycles. The lowest BCUT2D eigenvalue weighted by Gasteiger charge is -2.45. The Labute approximate surface area is 218 Å². The summed E-state index contributed by atoms with van der Waals surface area (Å²) in [6.07, 6.45) is 0. The van der Waals surface area contributed by atoms with Crippen molar-refractivity contribution in [3.8, 4) is 0 Å². The van der Waals surface area contributed by atoms with Crippen LogP contribution in [0.4, 0.5) is 0 Å². The first-order chi connectivity index (χ1) is 18.1. The minimum absolute atomic E-state index is 0.00439.